The SMILES string of the molecule is O=C(CSc1nnc(-c2cccnc2)n1-c1cccc2ccccc12)N1CCC(Cc2ccccc2)CC1. The van der Waals surface area contributed by atoms with Gasteiger partial charge in [-0.05, 0) is 54.3 Å². The zero-order valence-corrected chi connectivity index (χ0v) is 21.9. The molecule has 0 bridgehead atoms. The van der Waals surface area contributed by atoms with E-state index < -0.39 is 0 Å². The fourth-order valence-corrected chi connectivity index (χ4v) is 6.07. The Kier molecular flexibility index (Phi) is 7.18. The molecule has 0 spiro atoms. The van der Waals surface area contributed by atoms with Gasteiger partial charge >= 0.3 is 0 Å². The number of thioether (sulfide) groups is 1. The highest BCUT2D eigenvalue weighted by atomic mass is 32.2. The number of aromatic nitrogens is 4. The van der Waals surface area contributed by atoms with Crippen molar-refractivity contribution < 1.29 is 4.79 Å². The molecule has 1 aliphatic heterocycles. The van der Waals surface area contributed by atoms with Crippen molar-refractivity contribution >= 4 is 28.4 Å². The molecule has 7 heteroatoms. The largest absolute Gasteiger partial charge is 0.342 e. The Bertz CT molecular complexity index is 1520. The Morgan fingerprint density at radius 2 is 1.66 bits per heavy atom. The highest BCUT2D eigenvalue weighted by molar-refractivity contribution is 7.99. The van der Waals surface area contributed by atoms with E-state index in [9.17, 15) is 4.79 Å². The van der Waals surface area contributed by atoms with Crippen LogP contribution in [0.4, 0.5) is 0 Å². The number of carbonyl (C=O) groups excluding carboxylic acids is 1. The van der Waals surface area contributed by atoms with Crippen LogP contribution in [-0.2, 0) is 11.2 Å². The molecule has 0 aliphatic carbocycles. The lowest BCUT2D eigenvalue weighted by Gasteiger charge is -2.32. The molecular formula is C31H29N5OS. The van der Waals surface area contributed by atoms with Gasteiger partial charge in [-0.15, -0.1) is 10.2 Å². The molecule has 0 unspecified atom stereocenters. The summed E-state index contributed by atoms with van der Waals surface area (Å²) in [5.41, 5.74) is 3.25. The van der Waals surface area contributed by atoms with Crippen molar-refractivity contribution in [2.75, 3.05) is 18.8 Å². The third-order valence-electron chi connectivity index (χ3n) is 7.22. The molecule has 0 radical (unpaired) electrons. The minimum Gasteiger partial charge on any atom is -0.342 e. The number of rotatable bonds is 7. The van der Waals surface area contributed by atoms with E-state index in [0.717, 1.165) is 54.4 Å². The second-order valence-corrected chi connectivity index (χ2v) is 10.6. The van der Waals surface area contributed by atoms with Crippen LogP contribution in [0.25, 0.3) is 27.8 Å². The number of fused-ring (bicyclic) bond motifs is 1. The average Bonchev–Trinajstić information content (AvgIpc) is 3.41. The second kappa shape index (κ2) is 11.2. The Morgan fingerprint density at radius 3 is 2.47 bits per heavy atom. The van der Waals surface area contributed by atoms with E-state index in [-0.39, 0.29) is 5.91 Å². The summed E-state index contributed by atoms with van der Waals surface area (Å²) in [7, 11) is 0. The average molecular weight is 520 g/mol. The number of nitrogens with zero attached hydrogens (tertiary/aromatic N) is 5. The van der Waals surface area contributed by atoms with Crippen LogP contribution < -0.4 is 0 Å². The molecule has 0 N–H and O–H groups in total. The smallest absolute Gasteiger partial charge is 0.233 e. The number of hydrogen-bond donors (Lipinski definition) is 0. The first-order valence-corrected chi connectivity index (χ1v) is 14.0. The first-order chi connectivity index (χ1) is 18.8. The van der Waals surface area contributed by atoms with Gasteiger partial charge in [-0.3, -0.25) is 14.3 Å². The summed E-state index contributed by atoms with van der Waals surface area (Å²) >= 11 is 1.45. The monoisotopic (exact) mass is 519 g/mol. The standard InChI is InChI=1S/C31H29N5OS/c37-29(35-18-15-24(16-19-35)20-23-8-2-1-3-9-23)22-38-31-34-33-30(26-12-7-17-32-21-26)36(31)28-14-6-11-25-10-4-5-13-27(25)28/h1-14,17,21,24H,15-16,18-20,22H2. The zero-order chi connectivity index (χ0) is 25.7. The number of amides is 1. The van der Waals surface area contributed by atoms with Gasteiger partial charge in [0.2, 0.25) is 5.91 Å². The summed E-state index contributed by atoms with van der Waals surface area (Å²) in [5.74, 6) is 1.83. The lowest BCUT2D eigenvalue weighted by atomic mass is 9.90. The minimum absolute atomic E-state index is 0.156. The predicted octanol–water partition coefficient (Wildman–Crippen LogP) is 6.06. The van der Waals surface area contributed by atoms with Crippen LogP contribution in [0.15, 0.2) is 102 Å². The van der Waals surface area contributed by atoms with E-state index in [0.29, 0.717) is 22.7 Å². The maximum atomic E-state index is 13.2. The third-order valence-corrected chi connectivity index (χ3v) is 8.13. The van der Waals surface area contributed by atoms with Crippen LogP contribution in [0.5, 0.6) is 0 Å². The molecule has 1 aliphatic rings. The Hall–Kier alpha value is -3.97. The van der Waals surface area contributed by atoms with Gasteiger partial charge in [0, 0.05) is 36.4 Å². The second-order valence-electron chi connectivity index (χ2n) is 9.68. The Balaban J connectivity index is 1.20. The van der Waals surface area contributed by atoms with Gasteiger partial charge in [-0.25, -0.2) is 0 Å². The zero-order valence-electron chi connectivity index (χ0n) is 21.1. The number of carbonyl (C=O) groups is 1. The molecule has 190 valence electrons. The molecule has 3 heterocycles. The number of likely N-dealkylation sites (tertiary alicyclic amines) is 1. The van der Waals surface area contributed by atoms with Gasteiger partial charge in [0.25, 0.3) is 0 Å². The number of benzene rings is 3. The summed E-state index contributed by atoms with van der Waals surface area (Å²) in [5, 5.41) is 12.0. The van der Waals surface area contributed by atoms with Crippen molar-refractivity contribution in [2.45, 2.75) is 24.4 Å². The molecular weight excluding hydrogens is 490 g/mol. The van der Waals surface area contributed by atoms with Crippen molar-refractivity contribution in [1.82, 2.24) is 24.6 Å². The summed E-state index contributed by atoms with van der Waals surface area (Å²) in [4.78, 5) is 19.5. The van der Waals surface area contributed by atoms with Crippen LogP contribution in [-0.4, -0.2) is 49.4 Å². The quantitative estimate of drug-likeness (QED) is 0.245. The number of piperidine rings is 1. The molecule has 5 aromatic rings. The van der Waals surface area contributed by atoms with E-state index >= 15 is 0 Å². The molecule has 0 atom stereocenters. The molecule has 38 heavy (non-hydrogen) atoms. The predicted molar refractivity (Wildman–Crippen MR) is 152 cm³/mol. The van der Waals surface area contributed by atoms with E-state index in [4.69, 9.17) is 0 Å². The first kappa shape index (κ1) is 24.4. The van der Waals surface area contributed by atoms with Crippen molar-refractivity contribution in [3.05, 3.63) is 103 Å². The summed E-state index contributed by atoms with van der Waals surface area (Å²) in [6.45, 7) is 1.63. The lowest BCUT2D eigenvalue weighted by Crippen LogP contribution is -2.39. The maximum absolute atomic E-state index is 13.2. The topological polar surface area (TPSA) is 63.9 Å². The fourth-order valence-electron chi connectivity index (χ4n) is 5.22. The van der Waals surface area contributed by atoms with Crippen molar-refractivity contribution in [3.63, 3.8) is 0 Å². The van der Waals surface area contributed by atoms with Gasteiger partial charge in [-0.2, -0.15) is 0 Å². The Morgan fingerprint density at radius 1 is 0.868 bits per heavy atom. The third kappa shape index (κ3) is 5.20. The summed E-state index contributed by atoms with van der Waals surface area (Å²) in [6, 6.07) is 29.0. The van der Waals surface area contributed by atoms with Gasteiger partial charge < -0.3 is 4.90 Å². The molecule has 6 nitrogen and oxygen atoms in total. The van der Waals surface area contributed by atoms with E-state index in [1.807, 2.05) is 35.2 Å². The van der Waals surface area contributed by atoms with Gasteiger partial charge in [0.1, 0.15) is 0 Å². The first-order valence-electron chi connectivity index (χ1n) is 13.0. The van der Waals surface area contributed by atoms with Crippen molar-refractivity contribution in [1.29, 1.82) is 0 Å². The molecule has 2 aromatic heterocycles. The highest BCUT2D eigenvalue weighted by Crippen LogP contribution is 2.32. The van der Waals surface area contributed by atoms with E-state index in [1.54, 1.807) is 12.4 Å². The summed E-state index contributed by atoms with van der Waals surface area (Å²) < 4.78 is 2.06. The number of pyridine rings is 1. The van der Waals surface area contributed by atoms with Crippen molar-refractivity contribution in [2.24, 2.45) is 5.92 Å². The van der Waals surface area contributed by atoms with Crippen LogP contribution in [0, 0.1) is 5.92 Å². The number of hydrogen-bond acceptors (Lipinski definition) is 5. The van der Waals surface area contributed by atoms with Gasteiger partial charge in [0.05, 0.1) is 11.4 Å². The highest BCUT2D eigenvalue weighted by Gasteiger charge is 2.24. The van der Waals surface area contributed by atoms with Crippen LogP contribution in [0.1, 0.15) is 18.4 Å². The lowest BCUT2D eigenvalue weighted by molar-refractivity contribution is -0.129. The molecule has 0 saturated carbocycles. The molecule has 3 aromatic carbocycles. The van der Waals surface area contributed by atoms with E-state index in [1.165, 1.54) is 17.3 Å². The Labute approximate surface area is 226 Å². The molecule has 1 fully saturated rings. The minimum atomic E-state index is 0.156. The van der Waals surface area contributed by atoms with Gasteiger partial charge in [-0.1, -0.05) is 78.5 Å². The summed E-state index contributed by atoms with van der Waals surface area (Å²) in [6.07, 6.45) is 6.72. The molecule has 1 amide bonds. The molecule has 6 rings (SSSR count). The van der Waals surface area contributed by atoms with Crippen LogP contribution in [0.3, 0.4) is 0 Å². The van der Waals surface area contributed by atoms with Crippen LogP contribution >= 0.6 is 11.8 Å². The molecule has 1 saturated heterocycles. The van der Waals surface area contributed by atoms with E-state index in [2.05, 4.69) is 74.3 Å². The maximum Gasteiger partial charge on any atom is 0.233 e. The van der Waals surface area contributed by atoms with Crippen molar-refractivity contribution in [3.8, 4) is 17.1 Å². The van der Waals surface area contributed by atoms with Crippen LogP contribution in [0.2, 0.25) is 0 Å². The van der Waals surface area contributed by atoms with Gasteiger partial charge in [0.15, 0.2) is 11.0 Å². The normalized spacial score (nSPS) is 14.2. The fraction of sp³-hybridized carbons (Fsp3) is 0.226.